The molecule has 1 amide bonds. The van der Waals surface area contributed by atoms with Crippen LogP contribution >= 0.6 is 0 Å². The van der Waals surface area contributed by atoms with Crippen LogP contribution in [0.4, 0.5) is 4.39 Å². The van der Waals surface area contributed by atoms with E-state index >= 15 is 0 Å². The summed E-state index contributed by atoms with van der Waals surface area (Å²) in [5, 5.41) is 0. The number of hydrogen-bond acceptors (Lipinski definition) is 4. The number of amides is 1. The number of carbonyl (C=O) groups is 1. The van der Waals surface area contributed by atoms with E-state index in [1.54, 1.807) is 11.8 Å². The Labute approximate surface area is 194 Å². The number of hydrogen-bond donors (Lipinski definition) is 0. The quantitative estimate of drug-likeness (QED) is 0.448. The maximum absolute atomic E-state index is 13.8. The van der Waals surface area contributed by atoms with Crippen molar-refractivity contribution in [2.75, 3.05) is 20.2 Å². The van der Waals surface area contributed by atoms with Gasteiger partial charge in [-0.25, -0.2) is 12.8 Å². The molecule has 0 saturated heterocycles. The first kappa shape index (κ1) is 24.4. The summed E-state index contributed by atoms with van der Waals surface area (Å²) >= 11 is 0. The van der Waals surface area contributed by atoms with Crippen molar-refractivity contribution in [1.29, 1.82) is 0 Å². The molecule has 3 aromatic carbocycles. The Morgan fingerprint density at radius 2 is 1.45 bits per heavy atom. The van der Waals surface area contributed by atoms with Crippen molar-refractivity contribution < 1.29 is 22.3 Å². The Balaban J connectivity index is 1.88. The normalized spacial score (nSPS) is 11.4. The monoisotopic (exact) mass is 470 g/mol. The highest BCUT2D eigenvalue weighted by molar-refractivity contribution is 7.89. The third-order valence-corrected chi connectivity index (χ3v) is 7.14. The van der Waals surface area contributed by atoms with Crippen molar-refractivity contribution in [3.05, 3.63) is 95.8 Å². The van der Waals surface area contributed by atoms with Crippen molar-refractivity contribution in [3.63, 3.8) is 0 Å². The lowest BCUT2D eigenvalue weighted by Gasteiger charge is -2.27. The van der Waals surface area contributed by atoms with Crippen molar-refractivity contribution in [1.82, 2.24) is 9.21 Å². The lowest BCUT2D eigenvalue weighted by Crippen LogP contribution is -2.42. The van der Waals surface area contributed by atoms with Crippen LogP contribution in [0.15, 0.2) is 83.8 Å². The number of carbonyl (C=O) groups excluding carboxylic acids is 1. The highest BCUT2D eigenvalue weighted by Crippen LogP contribution is 2.27. The summed E-state index contributed by atoms with van der Waals surface area (Å²) in [5.74, 6) is -1.04. The molecule has 0 heterocycles. The van der Waals surface area contributed by atoms with Gasteiger partial charge in [-0.2, -0.15) is 4.31 Å². The van der Waals surface area contributed by atoms with Crippen molar-refractivity contribution in [2.45, 2.75) is 24.9 Å². The molecule has 0 unspecified atom stereocenters. The molecular weight excluding hydrogens is 443 g/mol. The first-order valence-electron chi connectivity index (χ1n) is 10.5. The molecule has 0 atom stereocenters. The van der Waals surface area contributed by atoms with Gasteiger partial charge in [0.1, 0.15) is 16.5 Å². The molecule has 0 aliphatic heterocycles. The molecule has 0 fully saturated rings. The summed E-state index contributed by atoms with van der Waals surface area (Å²) in [6.45, 7) is 1.96. The second-order valence-electron chi connectivity index (χ2n) is 7.45. The van der Waals surface area contributed by atoms with Gasteiger partial charge >= 0.3 is 0 Å². The van der Waals surface area contributed by atoms with E-state index in [4.69, 9.17) is 4.74 Å². The molecule has 8 heteroatoms. The fraction of sp³-hybridized carbons (Fsp3) is 0.240. The van der Waals surface area contributed by atoms with Crippen LogP contribution in [-0.4, -0.2) is 43.7 Å². The van der Waals surface area contributed by atoms with E-state index in [2.05, 4.69) is 0 Å². The molecule has 0 aromatic heterocycles. The average molecular weight is 471 g/mol. The number of benzene rings is 3. The molecule has 0 bridgehead atoms. The van der Waals surface area contributed by atoms with E-state index in [-0.39, 0.29) is 29.6 Å². The maximum atomic E-state index is 13.8. The minimum absolute atomic E-state index is 0.0210. The summed E-state index contributed by atoms with van der Waals surface area (Å²) in [7, 11) is -2.86. The largest absolute Gasteiger partial charge is 0.495 e. The smallest absolute Gasteiger partial charge is 0.247 e. The Hall–Kier alpha value is -3.23. The summed E-state index contributed by atoms with van der Waals surface area (Å²) < 4.78 is 46.6. The minimum atomic E-state index is -4.17. The third-order valence-electron chi connectivity index (χ3n) is 5.19. The van der Waals surface area contributed by atoms with Gasteiger partial charge in [0.25, 0.3) is 0 Å². The average Bonchev–Trinajstić information content (AvgIpc) is 2.83. The maximum Gasteiger partial charge on any atom is 0.247 e. The van der Waals surface area contributed by atoms with Crippen LogP contribution in [0, 0.1) is 5.82 Å². The van der Waals surface area contributed by atoms with Crippen molar-refractivity contribution in [3.8, 4) is 5.75 Å². The number of nitrogens with zero attached hydrogens (tertiary/aromatic N) is 2. The van der Waals surface area contributed by atoms with E-state index in [9.17, 15) is 17.6 Å². The predicted octanol–water partition coefficient (Wildman–Crippen LogP) is 4.07. The van der Waals surface area contributed by atoms with Crippen LogP contribution in [-0.2, 0) is 27.9 Å². The van der Waals surface area contributed by atoms with Crippen LogP contribution in [0.5, 0.6) is 5.75 Å². The number of ether oxygens (including phenoxy) is 1. The zero-order valence-corrected chi connectivity index (χ0v) is 19.5. The molecule has 33 heavy (non-hydrogen) atoms. The van der Waals surface area contributed by atoms with E-state index < -0.39 is 15.8 Å². The molecule has 0 aliphatic rings. The van der Waals surface area contributed by atoms with Crippen molar-refractivity contribution in [2.24, 2.45) is 0 Å². The number of likely N-dealkylation sites (N-methyl/N-ethyl adjacent to an activating group) is 1. The van der Waals surface area contributed by atoms with E-state index in [0.717, 1.165) is 27.6 Å². The number of halogens is 1. The van der Waals surface area contributed by atoms with Gasteiger partial charge in [-0.05, 0) is 29.3 Å². The number of sulfonamides is 1. The molecule has 0 saturated carbocycles. The van der Waals surface area contributed by atoms with Gasteiger partial charge in [0, 0.05) is 19.6 Å². The fourth-order valence-electron chi connectivity index (χ4n) is 3.45. The second kappa shape index (κ2) is 11.1. The number of methoxy groups -OCH3 is 1. The third kappa shape index (κ3) is 6.18. The lowest BCUT2D eigenvalue weighted by atomic mass is 10.1. The van der Waals surface area contributed by atoms with Gasteiger partial charge in [-0.15, -0.1) is 0 Å². The van der Waals surface area contributed by atoms with Crippen molar-refractivity contribution >= 4 is 15.9 Å². The van der Waals surface area contributed by atoms with Gasteiger partial charge < -0.3 is 9.64 Å². The lowest BCUT2D eigenvalue weighted by molar-refractivity contribution is -0.132. The minimum Gasteiger partial charge on any atom is -0.495 e. The fourth-order valence-corrected chi connectivity index (χ4v) is 5.01. The zero-order chi connectivity index (χ0) is 23.8. The highest BCUT2D eigenvalue weighted by atomic mass is 32.2. The molecule has 0 radical (unpaired) electrons. The summed E-state index contributed by atoms with van der Waals surface area (Å²) in [6, 6.07) is 22.3. The summed E-state index contributed by atoms with van der Waals surface area (Å²) in [5.41, 5.74) is 1.86. The first-order chi connectivity index (χ1) is 15.8. The van der Waals surface area contributed by atoms with E-state index in [0.29, 0.717) is 13.1 Å². The Bertz CT molecular complexity index is 1130. The van der Waals surface area contributed by atoms with Crippen LogP contribution in [0.25, 0.3) is 0 Å². The number of rotatable bonds is 10. The van der Waals surface area contributed by atoms with Crippen LogP contribution in [0.2, 0.25) is 0 Å². The van der Waals surface area contributed by atoms with Gasteiger partial charge in [0.05, 0.1) is 13.7 Å². The van der Waals surface area contributed by atoms with Gasteiger partial charge in [-0.3, -0.25) is 4.79 Å². The zero-order valence-electron chi connectivity index (χ0n) is 18.6. The Morgan fingerprint density at radius 3 is 1.94 bits per heavy atom. The molecule has 0 N–H and O–H groups in total. The van der Waals surface area contributed by atoms with Gasteiger partial charge in [0.15, 0.2) is 0 Å². The SMILES string of the molecule is CCN(CC(=O)N(Cc1ccccc1)Cc1ccccc1)S(=O)(=O)c1cc(F)ccc1OC. The van der Waals surface area contributed by atoms with Crippen LogP contribution < -0.4 is 4.74 Å². The highest BCUT2D eigenvalue weighted by Gasteiger charge is 2.30. The van der Waals surface area contributed by atoms with E-state index in [1.807, 2.05) is 60.7 Å². The molecular formula is C25H27FN2O4S. The molecule has 0 spiro atoms. The van der Waals surface area contributed by atoms with Gasteiger partial charge in [0.2, 0.25) is 15.9 Å². The molecule has 3 rings (SSSR count). The van der Waals surface area contributed by atoms with E-state index in [1.165, 1.54) is 13.2 Å². The molecule has 174 valence electrons. The second-order valence-corrected chi connectivity index (χ2v) is 9.35. The summed E-state index contributed by atoms with van der Waals surface area (Å²) in [6.07, 6.45) is 0. The van der Waals surface area contributed by atoms with Crippen LogP contribution in [0.1, 0.15) is 18.1 Å². The summed E-state index contributed by atoms with van der Waals surface area (Å²) in [4.78, 5) is 14.6. The first-order valence-corrected chi connectivity index (χ1v) is 12.0. The predicted molar refractivity (Wildman–Crippen MR) is 125 cm³/mol. The standard InChI is InChI=1S/C25H27FN2O4S/c1-3-28(33(30,31)24-16-22(26)14-15-23(24)32-2)19-25(29)27(17-20-10-6-4-7-11-20)18-21-12-8-5-9-13-21/h4-16H,3,17-19H2,1-2H3. The topological polar surface area (TPSA) is 66.9 Å². The van der Waals surface area contributed by atoms with Gasteiger partial charge in [-0.1, -0.05) is 67.6 Å². The molecule has 0 aliphatic carbocycles. The Morgan fingerprint density at radius 1 is 0.909 bits per heavy atom. The molecule has 6 nitrogen and oxygen atoms in total. The van der Waals surface area contributed by atoms with Crippen LogP contribution in [0.3, 0.4) is 0 Å². The Kier molecular flexibility index (Phi) is 8.19. The molecule has 3 aromatic rings.